The first-order chi connectivity index (χ1) is 13.7. The first kappa shape index (κ1) is 18.9. The predicted molar refractivity (Wildman–Crippen MR) is 113 cm³/mol. The van der Waals surface area contributed by atoms with Crippen LogP contribution in [-0.2, 0) is 11.3 Å². The molecule has 0 saturated heterocycles. The van der Waals surface area contributed by atoms with E-state index in [1.165, 1.54) is 11.8 Å². The first-order valence-corrected chi connectivity index (χ1v) is 10.9. The SMILES string of the molecule is C=CCn1c(SCC(=O)N2CCSc3ccccc32)nnc1-c1ccoc1C. The van der Waals surface area contributed by atoms with Gasteiger partial charge in [-0.1, -0.05) is 30.0 Å². The monoisotopic (exact) mass is 412 g/mol. The Morgan fingerprint density at radius 3 is 3.00 bits per heavy atom. The van der Waals surface area contributed by atoms with Crippen molar-refractivity contribution in [3.63, 3.8) is 0 Å². The Balaban J connectivity index is 1.53. The van der Waals surface area contributed by atoms with Gasteiger partial charge in [-0.05, 0) is 25.1 Å². The zero-order valence-corrected chi connectivity index (χ0v) is 17.1. The molecular weight excluding hydrogens is 392 g/mol. The normalized spacial score (nSPS) is 13.4. The second-order valence-electron chi connectivity index (χ2n) is 6.25. The number of anilines is 1. The number of nitrogens with zero attached hydrogens (tertiary/aromatic N) is 4. The van der Waals surface area contributed by atoms with Gasteiger partial charge in [0.15, 0.2) is 11.0 Å². The van der Waals surface area contributed by atoms with Crippen molar-refractivity contribution in [1.82, 2.24) is 14.8 Å². The fraction of sp³-hybridized carbons (Fsp3) is 0.250. The van der Waals surface area contributed by atoms with Gasteiger partial charge in [0.25, 0.3) is 0 Å². The van der Waals surface area contributed by atoms with Crippen LogP contribution in [0.2, 0.25) is 0 Å². The number of hydrogen-bond acceptors (Lipinski definition) is 6. The third kappa shape index (κ3) is 3.62. The second-order valence-corrected chi connectivity index (χ2v) is 8.33. The molecule has 0 fully saturated rings. The molecule has 6 nitrogen and oxygen atoms in total. The van der Waals surface area contributed by atoms with E-state index in [0.717, 1.165) is 40.0 Å². The predicted octanol–water partition coefficient (Wildman–Crippen LogP) is 4.26. The van der Waals surface area contributed by atoms with Crippen molar-refractivity contribution in [2.24, 2.45) is 0 Å². The van der Waals surface area contributed by atoms with E-state index < -0.39 is 0 Å². The summed E-state index contributed by atoms with van der Waals surface area (Å²) in [6, 6.07) is 9.92. The van der Waals surface area contributed by atoms with Crippen LogP contribution < -0.4 is 4.90 Å². The topological polar surface area (TPSA) is 64.2 Å². The Bertz CT molecular complexity index is 1010. The van der Waals surface area contributed by atoms with E-state index in [2.05, 4.69) is 22.8 Å². The molecule has 4 rings (SSSR count). The molecular formula is C20H20N4O2S2. The summed E-state index contributed by atoms with van der Waals surface area (Å²) in [7, 11) is 0. The molecule has 2 aromatic heterocycles. The molecule has 8 heteroatoms. The average molecular weight is 413 g/mol. The number of carbonyl (C=O) groups excluding carboxylic acids is 1. The van der Waals surface area contributed by atoms with Gasteiger partial charge in [-0.25, -0.2) is 0 Å². The molecule has 0 bridgehead atoms. The third-order valence-electron chi connectivity index (χ3n) is 4.48. The number of fused-ring (bicyclic) bond motifs is 1. The molecule has 3 aromatic rings. The highest BCUT2D eigenvalue weighted by atomic mass is 32.2. The largest absolute Gasteiger partial charge is 0.469 e. The van der Waals surface area contributed by atoms with Crippen molar-refractivity contribution in [2.45, 2.75) is 23.5 Å². The summed E-state index contributed by atoms with van der Waals surface area (Å²) >= 11 is 3.19. The van der Waals surface area contributed by atoms with E-state index >= 15 is 0 Å². The van der Waals surface area contributed by atoms with Gasteiger partial charge in [0, 0.05) is 23.7 Å². The standard InChI is InChI=1S/C20H20N4O2S2/c1-3-9-24-19(15-8-11-26-14(15)2)21-22-20(24)28-13-18(25)23-10-12-27-17-7-5-4-6-16(17)23/h3-8,11H,1,9-10,12-13H2,2H3. The maximum atomic E-state index is 12.9. The third-order valence-corrected chi connectivity index (χ3v) is 6.48. The van der Waals surface area contributed by atoms with Gasteiger partial charge in [-0.3, -0.25) is 9.36 Å². The average Bonchev–Trinajstić information content (AvgIpc) is 3.31. The van der Waals surface area contributed by atoms with E-state index in [0.29, 0.717) is 17.5 Å². The zero-order valence-electron chi connectivity index (χ0n) is 15.5. The van der Waals surface area contributed by atoms with E-state index in [9.17, 15) is 4.79 Å². The van der Waals surface area contributed by atoms with Crippen LogP contribution in [0.15, 0.2) is 63.7 Å². The number of carbonyl (C=O) groups is 1. The minimum atomic E-state index is 0.0759. The summed E-state index contributed by atoms with van der Waals surface area (Å²) in [6.07, 6.45) is 3.44. The summed E-state index contributed by atoms with van der Waals surface area (Å²) in [6.45, 7) is 7.01. The quantitative estimate of drug-likeness (QED) is 0.445. The van der Waals surface area contributed by atoms with Gasteiger partial charge >= 0.3 is 0 Å². The lowest BCUT2D eigenvalue weighted by Gasteiger charge is -2.28. The number of hydrogen-bond donors (Lipinski definition) is 0. The summed E-state index contributed by atoms with van der Waals surface area (Å²) < 4.78 is 7.36. The van der Waals surface area contributed by atoms with Crippen LogP contribution in [-0.4, -0.2) is 38.7 Å². The molecule has 0 spiro atoms. The van der Waals surface area contributed by atoms with Crippen molar-refractivity contribution < 1.29 is 9.21 Å². The van der Waals surface area contributed by atoms with Gasteiger partial charge in [0.05, 0.1) is 23.3 Å². The van der Waals surface area contributed by atoms with Crippen molar-refractivity contribution in [3.8, 4) is 11.4 Å². The Kier molecular flexibility index (Phi) is 5.59. The summed E-state index contributed by atoms with van der Waals surface area (Å²) in [5.41, 5.74) is 1.89. The van der Waals surface area contributed by atoms with Crippen LogP contribution >= 0.6 is 23.5 Å². The van der Waals surface area contributed by atoms with Crippen LogP contribution in [0.25, 0.3) is 11.4 Å². The Hall–Kier alpha value is -2.45. The van der Waals surface area contributed by atoms with Gasteiger partial charge in [0.1, 0.15) is 5.76 Å². The Morgan fingerprint density at radius 2 is 2.21 bits per heavy atom. The number of allylic oxidation sites excluding steroid dienone is 1. The number of para-hydroxylation sites is 1. The molecule has 0 aliphatic carbocycles. The molecule has 0 saturated carbocycles. The van der Waals surface area contributed by atoms with Gasteiger partial charge < -0.3 is 9.32 Å². The van der Waals surface area contributed by atoms with E-state index in [-0.39, 0.29) is 5.91 Å². The first-order valence-electron chi connectivity index (χ1n) is 8.92. The smallest absolute Gasteiger partial charge is 0.237 e. The number of thioether (sulfide) groups is 2. The lowest BCUT2D eigenvalue weighted by Crippen LogP contribution is -2.36. The number of amides is 1. The molecule has 1 aromatic carbocycles. The lowest BCUT2D eigenvalue weighted by molar-refractivity contribution is -0.116. The van der Waals surface area contributed by atoms with Crippen LogP contribution in [0.1, 0.15) is 5.76 Å². The van der Waals surface area contributed by atoms with Crippen molar-refractivity contribution in [1.29, 1.82) is 0 Å². The molecule has 1 aliphatic heterocycles. The minimum Gasteiger partial charge on any atom is -0.469 e. The molecule has 144 valence electrons. The van der Waals surface area contributed by atoms with Crippen LogP contribution in [0.4, 0.5) is 5.69 Å². The molecule has 0 atom stereocenters. The highest BCUT2D eigenvalue weighted by Gasteiger charge is 2.24. The van der Waals surface area contributed by atoms with Gasteiger partial charge in [0.2, 0.25) is 5.91 Å². The Morgan fingerprint density at radius 1 is 1.36 bits per heavy atom. The molecule has 1 aliphatic rings. The lowest BCUT2D eigenvalue weighted by atomic mass is 10.2. The molecule has 0 radical (unpaired) electrons. The maximum absolute atomic E-state index is 12.9. The van der Waals surface area contributed by atoms with Crippen LogP contribution in [0.5, 0.6) is 0 Å². The fourth-order valence-electron chi connectivity index (χ4n) is 3.14. The highest BCUT2D eigenvalue weighted by Crippen LogP contribution is 2.35. The number of furan rings is 1. The highest BCUT2D eigenvalue weighted by molar-refractivity contribution is 8.00. The summed E-state index contributed by atoms with van der Waals surface area (Å²) in [5.74, 6) is 2.79. The number of aromatic nitrogens is 3. The number of aryl methyl sites for hydroxylation is 1. The summed E-state index contributed by atoms with van der Waals surface area (Å²) in [4.78, 5) is 15.9. The molecule has 3 heterocycles. The molecule has 0 unspecified atom stereocenters. The van der Waals surface area contributed by atoms with E-state index in [1.54, 1.807) is 24.1 Å². The van der Waals surface area contributed by atoms with E-state index in [1.807, 2.05) is 40.7 Å². The fourth-order valence-corrected chi connectivity index (χ4v) is 4.96. The maximum Gasteiger partial charge on any atom is 0.237 e. The van der Waals surface area contributed by atoms with Gasteiger partial charge in [-0.15, -0.1) is 28.5 Å². The van der Waals surface area contributed by atoms with Gasteiger partial charge in [-0.2, -0.15) is 0 Å². The van der Waals surface area contributed by atoms with E-state index in [4.69, 9.17) is 4.42 Å². The number of rotatable bonds is 6. The van der Waals surface area contributed by atoms with Crippen molar-refractivity contribution in [2.75, 3.05) is 23.0 Å². The minimum absolute atomic E-state index is 0.0759. The van der Waals surface area contributed by atoms with Crippen LogP contribution in [0.3, 0.4) is 0 Å². The number of benzene rings is 1. The Labute approximate surface area is 172 Å². The van der Waals surface area contributed by atoms with Crippen molar-refractivity contribution in [3.05, 3.63) is 55.0 Å². The zero-order chi connectivity index (χ0) is 19.5. The van der Waals surface area contributed by atoms with Crippen LogP contribution in [0, 0.1) is 6.92 Å². The molecule has 28 heavy (non-hydrogen) atoms. The molecule has 1 amide bonds. The van der Waals surface area contributed by atoms with Crippen molar-refractivity contribution >= 4 is 35.1 Å². The second kappa shape index (κ2) is 8.28. The molecule has 0 N–H and O–H groups in total. The summed E-state index contributed by atoms with van der Waals surface area (Å²) in [5, 5.41) is 9.32.